The summed E-state index contributed by atoms with van der Waals surface area (Å²) in [5, 5.41) is 20.1. The van der Waals surface area contributed by atoms with Crippen LogP contribution in [0.15, 0.2) is 16.7 Å². The van der Waals surface area contributed by atoms with Gasteiger partial charge in [-0.2, -0.15) is 0 Å². The van der Waals surface area contributed by atoms with E-state index in [1.165, 1.54) is 12.3 Å². The van der Waals surface area contributed by atoms with Crippen molar-refractivity contribution in [2.45, 2.75) is 0 Å². The summed E-state index contributed by atoms with van der Waals surface area (Å²) in [5.74, 6) is -0.797. The zero-order chi connectivity index (χ0) is 10.6. The molecule has 0 unspecified atom stereocenters. The Hall–Kier alpha value is -1.14. The Kier molecular flexibility index (Phi) is 3.84. The average molecular weight is 261 g/mol. The van der Waals surface area contributed by atoms with Crippen LogP contribution in [0.25, 0.3) is 0 Å². The standard InChI is InChI=1S/C8H9BrN2O3/c9-5-3-6(8(13)14)7(11-4-5)10-1-2-12/h3-4,12H,1-2H2,(H,10,11)(H,13,14). The molecule has 76 valence electrons. The van der Waals surface area contributed by atoms with E-state index in [2.05, 4.69) is 26.2 Å². The topological polar surface area (TPSA) is 82.5 Å². The van der Waals surface area contributed by atoms with Crippen molar-refractivity contribution in [2.75, 3.05) is 18.5 Å². The Morgan fingerprint density at radius 3 is 2.93 bits per heavy atom. The molecule has 0 bridgehead atoms. The highest BCUT2D eigenvalue weighted by Gasteiger charge is 2.11. The molecule has 0 aliphatic carbocycles. The number of nitrogens with one attached hydrogen (secondary N) is 1. The zero-order valence-corrected chi connectivity index (χ0v) is 8.78. The van der Waals surface area contributed by atoms with Crippen LogP contribution in [0, 0.1) is 0 Å². The van der Waals surface area contributed by atoms with Gasteiger partial charge in [0.1, 0.15) is 11.4 Å². The molecule has 0 saturated carbocycles. The number of nitrogens with zero attached hydrogens (tertiary/aromatic N) is 1. The van der Waals surface area contributed by atoms with E-state index >= 15 is 0 Å². The second kappa shape index (κ2) is 4.92. The Balaban J connectivity index is 2.96. The Morgan fingerprint density at radius 1 is 1.64 bits per heavy atom. The van der Waals surface area contributed by atoms with Gasteiger partial charge in [-0.15, -0.1) is 0 Å². The molecule has 1 rings (SSSR count). The zero-order valence-electron chi connectivity index (χ0n) is 7.20. The van der Waals surface area contributed by atoms with E-state index in [0.29, 0.717) is 4.47 Å². The van der Waals surface area contributed by atoms with Gasteiger partial charge in [-0.05, 0) is 22.0 Å². The third-order valence-corrected chi connectivity index (χ3v) is 1.92. The van der Waals surface area contributed by atoms with Crippen LogP contribution in [0.3, 0.4) is 0 Å². The van der Waals surface area contributed by atoms with Crippen molar-refractivity contribution < 1.29 is 15.0 Å². The number of aliphatic hydroxyl groups excluding tert-OH is 1. The van der Waals surface area contributed by atoms with Crippen molar-refractivity contribution in [3.05, 3.63) is 22.3 Å². The van der Waals surface area contributed by atoms with Crippen molar-refractivity contribution in [3.63, 3.8) is 0 Å². The van der Waals surface area contributed by atoms with Gasteiger partial charge in [0, 0.05) is 17.2 Å². The number of carbonyl (C=O) groups is 1. The van der Waals surface area contributed by atoms with Gasteiger partial charge >= 0.3 is 5.97 Å². The summed E-state index contributed by atoms with van der Waals surface area (Å²) >= 11 is 3.13. The SMILES string of the molecule is O=C(O)c1cc(Br)cnc1NCCO. The number of rotatable bonds is 4. The predicted molar refractivity (Wildman–Crippen MR) is 54.5 cm³/mol. The normalized spacial score (nSPS) is 9.86. The van der Waals surface area contributed by atoms with Crippen LogP contribution in [-0.2, 0) is 0 Å². The fourth-order valence-electron chi connectivity index (χ4n) is 0.917. The van der Waals surface area contributed by atoms with E-state index < -0.39 is 5.97 Å². The van der Waals surface area contributed by atoms with Gasteiger partial charge in [0.05, 0.1) is 6.61 Å². The van der Waals surface area contributed by atoms with Crippen LogP contribution >= 0.6 is 15.9 Å². The maximum Gasteiger partial charge on any atom is 0.339 e. The van der Waals surface area contributed by atoms with Crippen LogP contribution in [0.5, 0.6) is 0 Å². The lowest BCUT2D eigenvalue weighted by Gasteiger charge is -2.06. The minimum atomic E-state index is -1.06. The van der Waals surface area contributed by atoms with Gasteiger partial charge in [0.2, 0.25) is 0 Å². The van der Waals surface area contributed by atoms with Crippen molar-refractivity contribution >= 4 is 27.7 Å². The molecule has 6 heteroatoms. The molecule has 0 aliphatic rings. The highest BCUT2D eigenvalue weighted by molar-refractivity contribution is 9.10. The molecule has 0 radical (unpaired) electrons. The average Bonchev–Trinajstić information content (AvgIpc) is 2.15. The summed E-state index contributed by atoms with van der Waals surface area (Å²) in [7, 11) is 0. The van der Waals surface area contributed by atoms with Gasteiger partial charge in [0.25, 0.3) is 0 Å². The molecule has 0 fully saturated rings. The van der Waals surface area contributed by atoms with Crippen LogP contribution in [0.1, 0.15) is 10.4 Å². The number of aromatic carboxylic acids is 1. The number of anilines is 1. The van der Waals surface area contributed by atoms with Crippen molar-refractivity contribution in [1.82, 2.24) is 4.98 Å². The summed E-state index contributed by atoms with van der Waals surface area (Å²) in [6, 6.07) is 1.45. The van der Waals surface area contributed by atoms with Gasteiger partial charge < -0.3 is 15.5 Å². The summed E-state index contributed by atoms with van der Waals surface area (Å²) in [5.41, 5.74) is 0.0767. The monoisotopic (exact) mass is 260 g/mol. The lowest BCUT2D eigenvalue weighted by Crippen LogP contribution is -2.11. The number of halogens is 1. The fourth-order valence-corrected chi connectivity index (χ4v) is 1.25. The second-order valence-corrected chi connectivity index (χ2v) is 3.42. The molecule has 0 atom stereocenters. The highest BCUT2D eigenvalue weighted by Crippen LogP contribution is 2.17. The third-order valence-electron chi connectivity index (χ3n) is 1.49. The van der Waals surface area contributed by atoms with Crippen molar-refractivity contribution in [1.29, 1.82) is 0 Å². The molecular formula is C8H9BrN2O3. The van der Waals surface area contributed by atoms with E-state index in [9.17, 15) is 4.79 Å². The molecule has 5 nitrogen and oxygen atoms in total. The number of aromatic nitrogens is 1. The molecule has 14 heavy (non-hydrogen) atoms. The number of carboxylic acids is 1. The molecule has 0 spiro atoms. The first-order chi connectivity index (χ1) is 6.65. The molecule has 1 aromatic rings. The minimum Gasteiger partial charge on any atom is -0.478 e. The number of carboxylic acid groups (broad SMARTS) is 1. The maximum atomic E-state index is 10.8. The van der Waals surface area contributed by atoms with Gasteiger partial charge in [-0.3, -0.25) is 0 Å². The molecule has 0 amide bonds. The first kappa shape index (κ1) is 10.9. The van der Waals surface area contributed by atoms with Gasteiger partial charge in [-0.25, -0.2) is 9.78 Å². The first-order valence-corrected chi connectivity index (χ1v) is 4.68. The van der Waals surface area contributed by atoms with Gasteiger partial charge in [0.15, 0.2) is 0 Å². The Bertz CT molecular complexity index is 343. The minimum absolute atomic E-state index is 0.0726. The largest absolute Gasteiger partial charge is 0.478 e. The molecule has 1 heterocycles. The van der Waals surface area contributed by atoms with E-state index in [-0.39, 0.29) is 24.5 Å². The van der Waals surface area contributed by atoms with Crippen LogP contribution in [-0.4, -0.2) is 34.3 Å². The molecular weight excluding hydrogens is 252 g/mol. The van der Waals surface area contributed by atoms with Crippen molar-refractivity contribution in [3.8, 4) is 0 Å². The molecule has 3 N–H and O–H groups in total. The summed E-state index contributed by atoms with van der Waals surface area (Å²) in [4.78, 5) is 14.7. The lowest BCUT2D eigenvalue weighted by atomic mass is 10.2. The second-order valence-electron chi connectivity index (χ2n) is 2.51. The van der Waals surface area contributed by atoms with E-state index in [0.717, 1.165) is 0 Å². The predicted octanol–water partition coefficient (Wildman–Crippen LogP) is 0.946. The highest BCUT2D eigenvalue weighted by atomic mass is 79.9. The van der Waals surface area contributed by atoms with Crippen LogP contribution in [0.4, 0.5) is 5.82 Å². The van der Waals surface area contributed by atoms with Crippen molar-refractivity contribution in [2.24, 2.45) is 0 Å². The summed E-state index contributed by atoms with van der Waals surface area (Å²) in [6.07, 6.45) is 1.49. The number of hydrogen-bond donors (Lipinski definition) is 3. The first-order valence-electron chi connectivity index (χ1n) is 3.88. The third kappa shape index (κ3) is 2.68. The van der Waals surface area contributed by atoms with Gasteiger partial charge in [-0.1, -0.05) is 0 Å². The van der Waals surface area contributed by atoms with E-state index in [1.807, 2.05) is 0 Å². The van der Waals surface area contributed by atoms with Crippen LogP contribution in [0.2, 0.25) is 0 Å². The maximum absolute atomic E-state index is 10.8. The van der Waals surface area contributed by atoms with E-state index in [4.69, 9.17) is 10.2 Å². The van der Waals surface area contributed by atoms with E-state index in [1.54, 1.807) is 0 Å². The smallest absolute Gasteiger partial charge is 0.339 e. The molecule has 1 aromatic heterocycles. The Labute approximate surface area is 88.9 Å². The fraction of sp³-hybridized carbons (Fsp3) is 0.250. The lowest BCUT2D eigenvalue weighted by molar-refractivity contribution is 0.0697. The number of aliphatic hydroxyl groups is 1. The Morgan fingerprint density at radius 2 is 2.36 bits per heavy atom. The number of hydrogen-bond acceptors (Lipinski definition) is 4. The quantitative estimate of drug-likeness (QED) is 0.751. The molecule has 0 aliphatic heterocycles. The summed E-state index contributed by atoms with van der Waals surface area (Å²) in [6.45, 7) is 0.200. The summed E-state index contributed by atoms with van der Waals surface area (Å²) < 4.78 is 0.601. The molecule has 0 aromatic carbocycles. The number of pyridine rings is 1. The molecule has 0 saturated heterocycles. The van der Waals surface area contributed by atoms with Crippen LogP contribution < -0.4 is 5.32 Å².